The van der Waals surface area contributed by atoms with Crippen molar-refractivity contribution in [1.82, 2.24) is 5.32 Å². The number of hydrogen-bond donors (Lipinski definition) is 1. The minimum atomic E-state index is 0.191. The van der Waals surface area contributed by atoms with Crippen LogP contribution in [0.5, 0.6) is 0 Å². The van der Waals surface area contributed by atoms with Gasteiger partial charge in [0.25, 0.3) is 0 Å². The third-order valence-electron chi connectivity index (χ3n) is 1.33. The van der Waals surface area contributed by atoms with Crippen molar-refractivity contribution in [3.8, 4) is 0 Å². The zero-order valence-corrected chi connectivity index (χ0v) is 6.94. The Morgan fingerprint density at radius 3 is 2.50 bits per heavy atom. The lowest BCUT2D eigenvalue weighted by Crippen LogP contribution is -2.23. The zero-order valence-electron chi connectivity index (χ0n) is 6.94. The quantitative estimate of drug-likeness (QED) is 0.583. The molecule has 0 aliphatic rings. The van der Waals surface area contributed by atoms with E-state index < -0.39 is 0 Å². The third-order valence-corrected chi connectivity index (χ3v) is 1.33. The average molecular weight is 143 g/mol. The van der Waals surface area contributed by atoms with Crippen molar-refractivity contribution in [3.05, 3.63) is 0 Å². The summed E-state index contributed by atoms with van der Waals surface area (Å²) in [5, 5.41) is 2.85. The van der Waals surface area contributed by atoms with Crippen LogP contribution in [0.15, 0.2) is 0 Å². The van der Waals surface area contributed by atoms with Crippen LogP contribution in [-0.4, -0.2) is 12.5 Å². The van der Waals surface area contributed by atoms with Gasteiger partial charge in [0.05, 0.1) is 0 Å². The van der Waals surface area contributed by atoms with Crippen LogP contribution in [-0.2, 0) is 4.79 Å². The minimum Gasteiger partial charge on any atom is -0.356 e. The first-order valence-electron chi connectivity index (χ1n) is 4.08. The van der Waals surface area contributed by atoms with Crippen LogP contribution < -0.4 is 5.32 Å². The molecule has 0 fully saturated rings. The lowest BCUT2D eigenvalue weighted by atomic mass is 10.3. The summed E-state index contributed by atoms with van der Waals surface area (Å²) in [5.41, 5.74) is 0. The molecular formula is C8H17NO. The van der Waals surface area contributed by atoms with E-state index in [1.807, 2.05) is 6.92 Å². The fourth-order valence-electron chi connectivity index (χ4n) is 0.720. The predicted octanol–water partition coefficient (Wildman–Crippen LogP) is 1.70. The molecule has 60 valence electrons. The largest absolute Gasteiger partial charge is 0.356 e. The van der Waals surface area contributed by atoms with Crippen LogP contribution in [0.4, 0.5) is 0 Å². The van der Waals surface area contributed by atoms with Gasteiger partial charge < -0.3 is 5.32 Å². The molecule has 0 aromatic carbocycles. The van der Waals surface area contributed by atoms with Crippen molar-refractivity contribution < 1.29 is 4.79 Å². The Morgan fingerprint density at radius 1 is 1.30 bits per heavy atom. The maximum atomic E-state index is 10.8. The SMILES string of the molecule is CCCCNC(=O)CCC. The van der Waals surface area contributed by atoms with Gasteiger partial charge in [0, 0.05) is 13.0 Å². The molecule has 0 aliphatic carbocycles. The molecule has 0 aromatic heterocycles. The van der Waals surface area contributed by atoms with Crippen LogP contribution in [0.25, 0.3) is 0 Å². The highest BCUT2D eigenvalue weighted by molar-refractivity contribution is 5.75. The number of amides is 1. The fraction of sp³-hybridized carbons (Fsp3) is 0.875. The smallest absolute Gasteiger partial charge is 0.219 e. The molecule has 0 aliphatic heterocycles. The van der Waals surface area contributed by atoms with Gasteiger partial charge in [0.1, 0.15) is 0 Å². The van der Waals surface area contributed by atoms with Crippen molar-refractivity contribution in [1.29, 1.82) is 0 Å². The highest BCUT2D eigenvalue weighted by Gasteiger charge is 1.95. The summed E-state index contributed by atoms with van der Waals surface area (Å²) in [5.74, 6) is 0.191. The van der Waals surface area contributed by atoms with Crippen molar-refractivity contribution in [2.75, 3.05) is 6.54 Å². The molecule has 0 aromatic rings. The van der Waals surface area contributed by atoms with E-state index in [1.54, 1.807) is 0 Å². The topological polar surface area (TPSA) is 29.1 Å². The van der Waals surface area contributed by atoms with Crippen molar-refractivity contribution in [2.45, 2.75) is 39.5 Å². The van der Waals surface area contributed by atoms with E-state index in [9.17, 15) is 4.79 Å². The van der Waals surface area contributed by atoms with Crippen LogP contribution in [0.2, 0.25) is 0 Å². The Labute approximate surface area is 63.0 Å². The second-order valence-electron chi connectivity index (χ2n) is 2.45. The van der Waals surface area contributed by atoms with Gasteiger partial charge in [-0.3, -0.25) is 4.79 Å². The summed E-state index contributed by atoms with van der Waals surface area (Å²) in [6.45, 7) is 4.97. The van der Waals surface area contributed by atoms with Gasteiger partial charge in [-0.25, -0.2) is 0 Å². The molecular weight excluding hydrogens is 126 g/mol. The number of carbonyl (C=O) groups excluding carboxylic acids is 1. The summed E-state index contributed by atoms with van der Waals surface area (Å²) in [7, 11) is 0. The molecule has 2 nitrogen and oxygen atoms in total. The molecule has 0 bridgehead atoms. The van der Waals surface area contributed by atoms with Gasteiger partial charge >= 0.3 is 0 Å². The Kier molecular flexibility index (Phi) is 6.24. The average Bonchev–Trinajstić information content (AvgIpc) is 1.89. The van der Waals surface area contributed by atoms with Crippen LogP contribution in [0.3, 0.4) is 0 Å². The number of nitrogens with one attached hydrogen (secondary N) is 1. The normalized spacial score (nSPS) is 9.40. The van der Waals surface area contributed by atoms with Crippen LogP contribution in [0.1, 0.15) is 39.5 Å². The molecule has 1 N–H and O–H groups in total. The Balaban J connectivity index is 3.05. The molecule has 0 radical (unpaired) electrons. The summed E-state index contributed by atoms with van der Waals surface area (Å²) < 4.78 is 0. The number of hydrogen-bond acceptors (Lipinski definition) is 1. The van der Waals surface area contributed by atoms with Gasteiger partial charge in [0.15, 0.2) is 0 Å². The van der Waals surface area contributed by atoms with Gasteiger partial charge in [-0.15, -0.1) is 0 Å². The Morgan fingerprint density at radius 2 is 2.00 bits per heavy atom. The number of rotatable bonds is 5. The zero-order chi connectivity index (χ0) is 7.82. The number of carbonyl (C=O) groups is 1. The Bertz CT molecular complexity index is 91.3. The molecule has 1 amide bonds. The first-order valence-corrected chi connectivity index (χ1v) is 4.08. The van der Waals surface area contributed by atoms with E-state index in [4.69, 9.17) is 0 Å². The summed E-state index contributed by atoms with van der Waals surface area (Å²) in [6.07, 6.45) is 3.85. The molecule has 0 heterocycles. The van der Waals surface area contributed by atoms with E-state index >= 15 is 0 Å². The lowest BCUT2D eigenvalue weighted by molar-refractivity contribution is -0.121. The first-order chi connectivity index (χ1) is 4.81. The van der Waals surface area contributed by atoms with Crippen molar-refractivity contribution in [2.24, 2.45) is 0 Å². The molecule has 0 saturated carbocycles. The third kappa shape index (κ3) is 5.60. The Hall–Kier alpha value is -0.530. The van der Waals surface area contributed by atoms with Gasteiger partial charge in [-0.2, -0.15) is 0 Å². The predicted molar refractivity (Wildman–Crippen MR) is 42.8 cm³/mol. The standard InChI is InChI=1S/C8H17NO/c1-3-5-7-9-8(10)6-4-2/h3-7H2,1-2H3,(H,9,10). The highest BCUT2D eigenvalue weighted by atomic mass is 16.1. The molecule has 0 saturated heterocycles. The van der Waals surface area contributed by atoms with E-state index in [1.165, 1.54) is 0 Å². The molecule has 10 heavy (non-hydrogen) atoms. The van der Waals surface area contributed by atoms with Crippen LogP contribution in [0, 0.1) is 0 Å². The molecule has 0 atom stereocenters. The van der Waals surface area contributed by atoms with Gasteiger partial charge in [0.2, 0.25) is 5.91 Å². The van der Waals surface area contributed by atoms with Crippen LogP contribution >= 0.6 is 0 Å². The van der Waals surface area contributed by atoms with E-state index in [0.717, 1.165) is 25.8 Å². The molecule has 0 unspecified atom stereocenters. The number of unbranched alkanes of at least 4 members (excludes halogenated alkanes) is 1. The monoisotopic (exact) mass is 143 g/mol. The van der Waals surface area contributed by atoms with Gasteiger partial charge in [-0.05, 0) is 12.8 Å². The summed E-state index contributed by atoms with van der Waals surface area (Å²) >= 11 is 0. The second-order valence-corrected chi connectivity index (χ2v) is 2.45. The van der Waals surface area contributed by atoms with Crippen molar-refractivity contribution in [3.63, 3.8) is 0 Å². The van der Waals surface area contributed by atoms with E-state index in [2.05, 4.69) is 12.2 Å². The molecule has 0 rings (SSSR count). The van der Waals surface area contributed by atoms with E-state index in [0.29, 0.717) is 6.42 Å². The fourth-order valence-corrected chi connectivity index (χ4v) is 0.720. The summed E-state index contributed by atoms with van der Waals surface area (Å²) in [4.78, 5) is 10.8. The van der Waals surface area contributed by atoms with Crippen molar-refractivity contribution >= 4 is 5.91 Å². The first kappa shape index (κ1) is 9.47. The molecule has 2 heteroatoms. The minimum absolute atomic E-state index is 0.191. The maximum absolute atomic E-state index is 10.8. The molecule has 0 spiro atoms. The summed E-state index contributed by atoms with van der Waals surface area (Å²) in [6, 6.07) is 0. The van der Waals surface area contributed by atoms with Gasteiger partial charge in [-0.1, -0.05) is 20.3 Å². The maximum Gasteiger partial charge on any atom is 0.219 e. The highest BCUT2D eigenvalue weighted by Crippen LogP contribution is 1.87. The lowest BCUT2D eigenvalue weighted by Gasteiger charge is -2.00. The van der Waals surface area contributed by atoms with E-state index in [-0.39, 0.29) is 5.91 Å². The second kappa shape index (κ2) is 6.59.